The van der Waals surface area contributed by atoms with Crippen LogP contribution >= 0.6 is 0 Å². The number of amides is 3. The van der Waals surface area contributed by atoms with E-state index in [1.54, 1.807) is 6.07 Å². The molecule has 4 N–H and O–H groups in total. The van der Waals surface area contributed by atoms with Gasteiger partial charge in [0.15, 0.2) is 0 Å². The number of primary amides is 1. The van der Waals surface area contributed by atoms with Crippen LogP contribution in [-0.2, 0) is 11.3 Å². The Morgan fingerprint density at radius 3 is 2.33 bits per heavy atom. The number of benzene rings is 3. The lowest BCUT2D eigenvalue weighted by molar-refractivity contribution is -0.121. The molecule has 3 rings (SSSR count). The van der Waals surface area contributed by atoms with E-state index in [0.29, 0.717) is 18.0 Å². The average Bonchev–Trinajstić information content (AvgIpc) is 2.73. The first-order chi connectivity index (χ1) is 14.5. The number of nitrogens with two attached hydrogens (primary N) is 1. The maximum absolute atomic E-state index is 12.5. The van der Waals surface area contributed by atoms with Crippen molar-refractivity contribution in [3.8, 4) is 11.5 Å². The number of ether oxygens (including phenoxy) is 1. The van der Waals surface area contributed by atoms with Crippen molar-refractivity contribution in [2.75, 3.05) is 0 Å². The van der Waals surface area contributed by atoms with E-state index in [9.17, 15) is 9.59 Å². The molecule has 0 unspecified atom stereocenters. The van der Waals surface area contributed by atoms with Crippen molar-refractivity contribution in [2.45, 2.75) is 25.9 Å². The van der Waals surface area contributed by atoms with Gasteiger partial charge in [0, 0.05) is 6.54 Å². The van der Waals surface area contributed by atoms with Crippen molar-refractivity contribution in [3.05, 3.63) is 95.6 Å². The first-order valence-corrected chi connectivity index (χ1v) is 9.70. The molecule has 0 saturated carbocycles. The maximum atomic E-state index is 12.5. The van der Waals surface area contributed by atoms with Crippen molar-refractivity contribution in [1.29, 1.82) is 0 Å². The highest BCUT2D eigenvalue weighted by atomic mass is 16.5. The summed E-state index contributed by atoms with van der Waals surface area (Å²) in [6.45, 7) is 2.43. The smallest absolute Gasteiger partial charge is 0.312 e. The number of carbonyl (C=O) groups excluding carboxylic acids is 2. The lowest BCUT2D eigenvalue weighted by Gasteiger charge is -2.19. The van der Waals surface area contributed by atoms with Gasteiger partial charge < -0.3 is 21.1 Å². The molecule has 0 bridgehead atoms. The average molecular weight is 403 g/mol. The van der Waals surface area contributed by atoms with E-state index in [1.807, 2.05) is 79.7 Å². The van der Waals surface area contributed by atoms with Gasteiger partial charge in [-0.3, -0.25) is 4.79 Å². The van der Waals surface area contributed by atoms with Crippen LogP contribution < -0.4 is 21.1 Å². The second-order valence-corrected chi connectivity index (χ2v) is 7.02. The summed E-state index contributed by atoms with van der Waals surface area (Å²) >= 11 is 0. The number of urea groups is 1. The number of nitrogens with one attached hydrogen (secondary N) is 2. The highest BCUT2D eigenvalue weighted by Gasteiger charge is 2.18. The molecule has 0 heterocycles. The number of hydrogen-bond acceptors (Lipinski definition) is 3. The van der Waals surface area contributed by atoms with E-state index in [4.69, 9.17) is 10.5 Å². The molecule has 30 heavy (non-hydrogen) atoms. The van der Waals surface area contributed by atoms with Crippen LogP contribution in [0.25, 0.3) is 0 Å². The Hall–Kier alpha value is -3.80. The SMILES string of the molecule is Cc1ccc(CNC(=O)C[C@H](NC(N)=O)c2cccc(Oc3ccccc3)c2)cc1. The van der Waals surface area contributed by atoms with Gasteiger partial charge in [0.25, 0.3) is 0 Å². The highest BCUT2D eigenvalue weighted by molar-refractivity contribution is 5.78. The third-order valence-electron chi connectivity index (χ3n) is 4.56. The molecule has 0 spiro atoms. The maximum Gasteiger partial charge on any atom is 0.312 e. The molecule has 0 aliphatic carbocycles. The van der Waals surface area contributed by atoms with E-state index in [1.165, 1.54) is 0 Å². The molecule has 0 fully saturated rings. The minimum absolute atomic E-state index is 0.0591. The predicted octanol–water partition coefficient (Wildman–Crippen LogP) is 4.20. The first-order valence-electron chi connectivity index (χ1n) is 9.70. The van der Waals surface area contributed by atoms with E-state index < -0.39 is 12.1 Å². The van der Waals surface area contributed by atoms with Crippen LogP contribution in [0.1, 0.15) is 29.2 Å². The topological polar surface area (TPSA) is 93.5 Å². The van der Waals surface area contributed by atoms with Gasteiger partial charge in [-0.1, -0.05) is 60.2 Å². The summed E-state index contributed by atoms with van der Waals surface area (Å²) in [4.78, 5) is 24.0. The lowest BCUT2D eigenvalue weighted by atomic mass is 10.0. The molecule has 0 aromatic heterocycles. The quantitative estimate of drug-likeness (QED) is 0.526. The number of rotatable bonds is 8. The molecule has 0 aliphatic rings. The Balaban J connectivity index is 1.67. The molecule has 3 amide bonds. The molecular weight excluding hydrogens is 378 g/mol. The fourth-order valence-electron chi connectivity index (χ4n) is 3.01. The molecule has 0 radical (unpaired) electrons. The fourth-order valence-corrected chi connectivity index (χ4v) is 3.01. The Morgan fingerprint density at radius 1 is 0.933 bits per heavy atom. The summed E-state index contributed by atoms with van der Waals surface area (Å²) in [5, 5.41) is 5.53. The van der Waals surface area contributed by atoms with E-state index in [-0.39, 0.29) is 12.3 Å². The Labute approximate surface area is 176 Å². The number of aryl methyl sites for hydroxylation is 1. The molecule has 0 aliphatic heterocycles. The van der Waals surface area contributed by atoms with Gasteiger partial charge >= 0.3 is 6.03 Å². The minimum atomic E-state index is -0.694. The second-order valence-electron chi connectivity index (χ2n) is 7.02. The van der Waals surface area contributed by atoms with Gasteiger partial charge in [-0.2, -0.15) is 0 Å². The fraction of sp³-hybridized carbons (Fsp3) is 0.167. The normalized spacial score (nSPS) is 11.4. The van der Waals surface area contributed by atoms with Crippen LogP contribution in [0.4, 0.5) is 4.79 Å². The zero-order valence-corrected chi connectivity index (χ0v) is 16.8. The van der Waals surface area contributed by atoms with Crippen LogP contribution in [0.5, 0.6) is 11.5 Å². The first kappa shape index (κ1) is 20.9. The van der Waals surface area contributed by atoms with Gasteiger partial charge in [0.1, 0.15) is 11.5 Å². The molecule has 3 aromatic carbocycles. The largest absolute Gasteiger partial charge is 0.457 e. The zero-order chi connectivity index (χ0) is 21.3. The van der Waals surface area contributed by atoms with Crippen LogP contribution in [0.15, 0.2) is 78.9 Å². The summed E-state index contributed by atoms with van der Waals surface area (Å²) in [6, 6.07) is 23.3. The van der Waals surface area contributed by atoms with E-state index >= 15 is 0 Å². The van der Waals surface area contributed by atoms with Crippen LogP contribution in [-0.4, -0.2) is 11.9 Å². The Kier molecular flexibility index (Phi) is 7.05. The standard InChI is InChI=1S/C24H25N3O3/c1-17-10-12-18(13-11-17)16-26-23(28)15-22(27-24(25)29)19-6-5-9-21(14-19)30-20-7-3-2-4-8-20/h2-14,22H,15-16H2,1H3,(H,26,28)(H3,25,27,29)/t22-/m0/s1. The van der Waals surface area contributed by atoms with Crippen molar-refractivity contribution in [1.82, 2.24) is 10.6 Å². The van der Waals surface area contributed by atoms with Gasteiger partial charge in [-0.05, 0) is 42.3 Å². The van der Waals surface area contributed by atoms with Crippen molar-refractivity contribution in [3.63, 3.8) is 0 Å². The van der Waals surface area contributed by atoms with Gasteiger partial charge in [0.05, 0.1) is 12.5 Å². The van der Waals surface area contributed by atoms with Crippen LogP contribution in [0.3, 0.4) is 0 Å². The molecular formula is C24H25N3O3. The third-order valence-corrected chi connectivity index (χ3v) is 4.56. The molecule has 6 nitrogen and oxygen atoms in total. The van der Waals surface area contributed by atoms with Gasteiger partial charge in [0.2, 0.25) is 5.91 Å². The lowest BCUT2D eigenvalue weighted by Crippen LogP contribution is -2.36. The second kappa shape index (κ2) is 10.1. The zero-order valence-electron chi connectivity index (χ0n) is 16.8. The van der Waals surface area contributed by atoms with Crippen LogP contribution in [0, 0.1) is 6.92 Å². The highest BCUT2D eigenvalue weighted by Crippen LogP contribution is 2.26. The summed E-state index contributed by atoms with van der Waals surface area (Å²) in [6.07, 6.45) is 0.0591. The monoisotopic (exact) mass is 403 g/mol. The summed E-state index contributed by atoms with van der Waals surface area (Å²) in [5.74, 6) is 1.11. The van der Waals surface area contributed by atoms with Gasteiger partial charge in [-0.15, -0.1) is 0 Å². The summed E-state index contributed by atoms with van der Waals surface area (Å²) in [5.41, 5.74) is 8.23. The third kappa shape index (κ3) is 6.38. The van der Waals surface area contributed by atoms with Crippen LogP contribution in [0.2, 0.25) is 0 Å². The van der Waals surface area contributed by atoms with Crippen molar-refractivity contribution < 1.29 is 14.3 Å². The number of carbonyl (C=O) groups is 2. The Bertz CT molecular complexity index is 988. The molecule has 0 saturated heterocycles. The summed E-state index contributed by atoms with van der Waals surface area (Å²) < 4.78 is 5.85. The van der Waals surface area contributed by atoms with E-state index in [0.717, 1.165) is 16.7 Å². The Morgan fingerprint density at radius 2 is 1.63 bits per heavy atom. The summed E-state index contributed by atoms with van der Waals surface area (Å²) in [7, 11) is 0. The predicted molar refractivity (Wildman–Crippen MR) is 116 cm³/mol. The van der Waals surface area contributed by atoms with Gasteiger partial charge in [-0.25, -0.2) is 4.79 Å². The van der Waals surface area contributed by atoms with Crippen molar-refractivity contribution >= 4 is 11.9 Å². The molecule has 154 valence electrons. The molecule has 6 heteroatoms. The van der Waals surface area contributed by atoms with E-state index in [2.05, 4.69) is 10.6 Å². The van der Waals surface area contributed by atoms with Crippen molar-refractivity contribution in [2.24, 2.45) is 5.73 Å². The number of para-hydroxylation sites is 1. The molecule has 3 aromatic rings. The number of hydrogen-bond donors (Lipinski definition) is 3. The minimum Gasteiger partial charge on any atom is -0.457 e. The molecule has 1 atom stereocenters.